The molecule has 4 aromatic rings. The van der Waals surface area contributed by atoms with Gasteiger partial charge in [0.05, 0.1) is 18.6 Å². The summed E-state index contributed by atoms with van der Waals surface area (Å²) in [6.07, 6.45) is 1.78. The summed E-state index contributed by atoms with van der Waals surface area (Å²) in [5.74, 6) is 2.50. The van der Waals surface area contributed by atoms with Crippen molar-refractivity contribution in [3.05, 3.63) is 106 Å². The van der Waals surface area contributed by atoms with E-state index in [1.807, 2.05) is 68.4 Å². The third-order valence-corrected chi connectivity index (χ3v) is 7.58. The van der Waals surface area contributed by atoms with Crippen molar-refractivity contribution in [2.45, 2.75) is 13.8 Å². The fourth-order valence-electron chi connectivity index (χ4n) is 4.39. The molecule has 0 N–H and O–H groups in total. The van der Waals surface area contributed by atoms with Gasteiger partial charge < -0.3 is 18.8 Å². The molecule has 0 unspecified atom stereocenters. The average Bonchev–Trinajstić information content (AvgIpc) is 3.39. The van der Waals surface area contributed by atoms with Crippen molar-refractivity contribution in [3.8, 4) is 28.7 Å². The van der Waals surface area contributed by atoms with Gasteiger partial charge in [-0.3, -0.25) is 14.5 Å². The van der Waals surface area contributed by atoms with Gasteiger partial charge in [0.2, 0.25) is 0 Å². The van der Waals surface area contributed by atoms with Crippen LogP contribution >= 0.6 is 23.4 Å². The van der Waals surface area contributed by atoms with E-state index in [-0.39, 0.29) is 24.3 Å². The Morgan fingerprint density at radius 2 is 1.45 bits per heavy atom. The number of nitrogens with zero attached hydrogens (tertiary/aromatic N) is 2. The number of benzene rings is 3. The molecule has 1 aliphatic heterocycles. The molecule has 9 heteroatoms. The minimum absolute atomic E-state index is 0.161. The van der Waals surface area contributed by atoms with Gasteiger partial charge in [0.25, 0.3) is 11.1 Å². The van der Waals surface area contributed by atoms with E-state index in [0.29, 0.717) is 21.4 Å². The lowest BCUT2D eigenvalue weighted by Crippen LogP contribution is -2.32. The smallest absolute Gasteiger partial charge is 0.293 e. The molecule has 5 rings (SSSR count). The normalized spacial score (nSPS) is 14.2. The third-order valence-electron chi connectivity index (χ3n) is 6.42. The number of aryl methyl sites for hydroxylation is 1. The van der Waals surface area contributed by atoms with Crippen LogP contribution in [0.4, 0.5) is 4.79 Å². The van der Waals surface area contributed by atoms with Gasteiger partial charge in [-0.1, -0.05) is 11.6 Å². The predicted molar refractivity (Wildman–Crippen MR) is 158 cm³/mol. The van der Waals surface area contributed by atoms with Crippen molar-refractivity contribution in [1.29, 1.82) is 0 Å². The summed E-state index contributed by atoms with van der Waals surface area (Å²) in [5.41, 5.74) is 3.80. The number of ether oxygens (including phenoxy) is 3. The Morgan fingerprint density at radius 1 is 0.850 bits per heavy atom. The maximum absolute atomic E-state index is 13.0. The highest BCUT2D eigenvalue weighted by molar-refractivity contribution is 8.18. The number of thioether (sulfide) groups is 1. The maximum Gasteiger partial charge on any atom is 0.293 e. The van der Waals surface area contributed by atoms with Crippen LogP contribution in [-0.4, -0.2) is 40.9 Å². The number of aromatic nitrogens is 1. The highest BCUT2D eigenvalue weighted by Crippen LogP contribution is 2.34. The molecule has 204 valence electrons. The third kappa shape index (κ3) is 6.03. The zero-order valence-corrected chi connectivity index (χ0v) is 23.8. The molecule has 1 fully saturated rings. The van der Waals surface area contributed by atoms with Gasteiger partial charge in [0, 0.05) is 22.1 Å². The second-order valence-corrected chi connectivity index (χ2v) is 10.5. The van der Waals surface area contributed by atoms with E-state index in [9.17, 15) is 9.59 Å². The Balaban J connectivity index is 1.26. The first kappa shape index (κ1) is 27.4. The number of carbonyl (C=O) groups excluding carboxylic acids is 2. The predicted octanol–water partition coefficient (Wildman–Crippen LogP) is 7.66. The molecule has 0 saturated carbocycles. The van der Waals surface area contributed by atoms with E-state index in [0.717, 1.165) is 45.9 Å². The molecule has 7 nitrogen and oxygen atoms in total. The van der Waals surface area contributed by atoms with Gasteiger partial charge in [-0.2, -0.15) is 0 Å². The Labute approximate surface area is 241 Å². The number of rotatable bonds is 9. The topological polar surface area (TPSA) is 70.0 Å². The fraction of sp³-hybridized carbons (Fsp3) is 0.161. The number of amides is 2. The molecule has 0 radical (unpaired) electrons. The van der Waals surface area contributed by atoms with Crippen LogP contribution in [0.2, 0.25) is 5.02 Å². The van der Waals surface area contributed by atoms with Crippen LogP contribution in [0.1, 0.15) is 17.0 Å². The van der Waals surface area contributed by atoms with Crippen LogP contribution in [0.3, 0.4) is 0 Å². The van der Waals surface area contributed by atoms with Crippen LogP contribution in [0.25, 0.3) is 11.8 Å². The first-order valence-corrected chi connectivity index (χ1v) is 13.8. The lowest BCUT2D eigenvalue weighted by atomic mass is 10.2. The first-order chi connectivity index (χ1) is 19.3. The number of hydrogen-bond donors (Lipinski definition) is 0. The first-order valence-electron chi connectivity index (χ1n) is 12.6. The van der Waals surface area contributed by atoms with E-state index in [1.54, 1.807) is 37.5 Å². The molecule has 0 aliphatic carbocycles. The lowest BCUT2D eigenvalue weighted by molar-refractivity contribution is -0.123. The number of hydrogen-bond acceptors (Lipinski definition) is 6. The van der Waals surface area contributed by atoms with Crippen LogP contribution in [0.15, 0.2) is 83.8 Å². The molecule has 2 heterocycles. The lowest BCUT2D eigenvalue weighted by Gasteiger charge is -2.13. The highest BCUT2D eigenvalue weighted by Gasteiger charge is 2.35. The Bertz CT molecular complexity index is 1560. The highest BCUT2D eigenvalue weighted by atomic mass is 35.5. The van der Waals surface area contributed by atoms with E-state index in [1.165, 1.54) is 4.90 Å². The minimum atomic E-state index is -0.320. The van der Waals surface area contributed by atoms with Crippen molar-refractivity contribution in [3.63, 3.8) is 0 Å². The molecule has 3 aromatic carbocycles. The summed E-state index contributed by atoms with van der Waals surface area (Å²) in [6, 6.07) is 24.1. The standard InChI is InChI=1S/C31H27ClN2O5S/c1-20-18-22(19-29-30(35)33(31(36)40-29)16-17-38-26-8-4-23(32)5-9-26)21(2)34(20)24-6-10-27(11-7-24)39-28-14-12-25(37-3)13-15-28/h4-15,18-19H,16-17H2,1-3H3/b29-19-. The molecular weight excluding hydrogens is 548 g/mol. The minimum Gasteiger partial charge on any atom is -0.497 e. The van der Waals surface area contributed by atoms with Crippen LogP contribution < -0.4 is 14.2 Å². The molecule has 1 saturated heterocycles. The van der Waals surface area contributed by atoms with Gasteiger partial charge in [0.15, 0.2) is 0 Å². The molecule has 1 aliphatic rings. The second-order valence-electron chi connectivity index (χ2n) is 9.07. The van der Waals surface area contributed by atoms with Crippen molar-refractivity contribution < 1.29 is 23.8 Å². The molecule has 1 aromatic heterocycles. The Morgan fingerprint density at radius 3 is 2.10 bits per heavy atom. The van der Waals surface area contributed by atoms with Crippen LogP contribution in [-0.2, 0) is 4.79 Å². The van der Waals surface area contributed by atoms with Crippen molar-refractivity contribution in [2.75, 3.05) is 20.3 Å². The molecule has 40 heavy (non-hydrogen) atoms. The van der Waals surface area contributed by atoms with E-state index in [2.05, 4.69) is 4.57 Å². The van der Waals surface area contributed by atoms with Crippen molar-refractivity contribution >= 4 is 40.6 Å². The number of methoxy groups -OCH3 is 1. The van der Waals surface area contributed by atoms with Gasteiger partial charge in [-0.05, 0) is 116 Å². The van der Waals surface area contributed by atoms with E-state index < -0.39 is 0 Å². The summed E-state index contributed by atoms with van der Waals surface area (Å²) in [4.78, 5) is 27.2. The molecule has 0 spiro atoms. The molecule has 0 atom stereocenters. The van der Waals surface area contributed by atoms with E-state index in [4.69, 9.17) is 25.8 Å². The number of carbonyl (C=O) groups is 2. The molecular formula is C31H27ClN2O5S. The molecule has 0 bridgehead atoms. The summed E-state index contributed by atoms with van der Waals surface area (Å²) in [5, 5.41) is 0.302. The average molecular weight is 575 g/mol. The van der Waals surface area contributed by atoms with Crippen molar-refractivity contribution in [1.82, 2.24) is 9.47 Å². The zero-order chi connectivity index (χ0) is 28.2. The van der Waals surface area contributed by atoms with Crippen LogP contribution in [0, 0.1) is 13.8 Å². The molecule has 2 amide bonds. The largest absolute Gasteiger partial charge is 0.497 e. The fourth-order valence-corrected chi connectivity index (χ4v) is 5.38. The maximum atomic E-state index is 13.0. The monoisotopic (exact) mass is 574 g/mol. The zero-order valence-electron chi connectivity index (χ0n) is 22.2. The summed E-state index contributed by atoms with van der Waals surface area (Å²) < 4.78 is 18.9. The van der Waals surface area contributed by atoms with Gasteiger partial charge in [-0.25, -0.2) is 0 Å². The quantitative estimate of drug-likeness (QED) is 0.191. The summed E-state index contributed by atoms with van der Waals surface area (Å²) >= 11 is 6.84. The van der Waals surface area contributed by atoms with Gasteiger partial charge in [0.1, 0.15) is 29.6 Å². The number of imide groups is 1. The van der Waals surface area contributed by atoms with Gasteiger partial charge in [-0.15, -0.1) is 0 Å². The second kappa shape index (κ2) is 11.9. The Hall–Kier alpha value is -4.14. The van der Waals surface area contributed by atoms with Crippen LogP contribution in [0.5, 0.6) is 23.0 Å². The summed E-state index contributed by atoms with van der Waals surface area (Å²) in [7, 11) is 1.63. The summed E-state index contributed by atoms with van der Waals surface area (Å²) in [6.45, 7) is 4.35. The van der Waals surface area contributed by atoms with E-state index >= 15 is 0 Å². The Kier molecular flexibility index (Phi) is 8.19. The number of halogens is 1. The SMILES string of the molecule is COc1ccc(Oc2ccc(-n3c(C)cc(/C=C4\SC(=O)N(CCOc5ccc(Cl)cc5)C4=O)c3C)cc2)cc1. The van der Waals surface area contributed by atoms with Crippen molar-refractivity contribution in [2.24, 2.45) is 0 Å². The van der Waals surface area contributed by atoms with Gasteiger partial charge >= 0.3 is 0 Å².